The number of ether oxygens (including phenoxy) is 2. The first-order valence-electron chi connectivity index (χ1n) is 12.7. The Balaban J connectivity index is 1.90. The summed E-state index contributed by atoms with van der Waals surface area (Å²) in [4.78, 5) is 33.7. The van der Waals surface area contributed by atoms with Gasteiger partial charge in [-0.05, 0) is 62.3 Å². The molecule has 3 aromatic rings. The molecule has 0 unspecified atom stereocenters. The Morgan fingerprint density at radius 2 is 1.46 bits per heavy atom. The summed E-state index contributed by atoms with van der Waals surface area (Å²) in [5, 5.41) is 14.0. The molecule has 39 heavy (non-hydrogen) atoms. The van der Waals surface area contributed by atoms with Gasteiger partial charge in [0.25, 0.3) is 0 Å². The molecule has 0 saturated carbocycles. The van der Waals surface area contributed by atoms with E-state index in [0.717, 1.165) is 11.1 Å². The van der Waals surface area contributed by atoms with Gasteiger partial charge in [0.2, 0.25) is 0 Å². The number of nitrogens with one attached hydrogen (secondary N) is 3. The largest absolute Gasteiger partial charge is 0.444 e. The molecule has 0 spiro atoms. The van der Waals surface area contributed by atoms with Gasteiger partial charge in [0.1, 0.15) is 29.0 Å². The number of amides is 2. The summed E-state index contributed by atoms with van der Waals surface area (Å²) < 4.78 is 12.5. The van der Waals surface area contributed by atoms with E-state index >= 15 is 0 Å². The molecule has 0 bridgehead atoms. The average molecular weight is 541 g/mol. The van der Waals surface area contributed by atoms with Gasteiger partial charge >= 0.3 is 12.2 Å². The van der Waals surface area contributed by atoms with E-state index in [1.807, 2.05) is 45.0 Å². The van der Waals surface area contributed by atoms with Gasteiger partial charge in [-0.15, -0.1) is 0 Å². The molecule has 212 valence electrons. The molecular weight excluding hydrogens is 500 g/mol. The van der Waals surface area contributed by atoms with Crippen LogP contribution in [-0.2, 0) is 15.0 Å². The predicted octanol–water partition coefficient (Wildman–Crippen LogP) is 4.04. The summed E-state index contributed by atoms with van der Waals surface area (Å²) in [7, 11) is 0. The summed E-state index contributed by atoms with van der Waals surface area (Å²) in [5.74, 6) is 0.321. The Morgan fingerprint density at radius 1 is 0.923 bits per heavy atom. The Labute approximate surface area is 229 Å². The second kappa shape index (κ2) is 11.0. The quantitative estimate of drug-likeness (QED) is 0.324. The first-order chi connectivity index (χ1) is 17.9. The fourth-order valence-electron chi connectivity index (χ4n) is 3.73. The van der Waals surface area contributed by atoms with E-state index in [0.29, 0.717) is 22.5 Å². The maximum Gasteiger partial charge on any atom is 0.410 e. The molecule has 2 amide bonds. The molecule has 2 aromatic heterocycles. The third kappa shape index (κ3) is 8.03. The second-order valence-electron chi connectivity index (χ2n) is 12.0. The molecule has 0 aliphatic carbocycles. The van der Waals surface area contributed by atoms with E-state index in [-0.39, 0.29) is 6.54 Å². The summed E-state index contributed by atoms with van der Waals surface area (Å²) in [5.41, 5.74) is 7.34. The topological polar surface area (TPSA) is 158 Å². The third-order valence-electron chi connectivity index (χ3n) is 5.45. The Morgan fingerprint density at radius 3 is 1.97 bits per heavy atom. The summed E-state index contributed by atoms with van der Waals surface area (Å²) >= 11 is 0. The molecule has 12 heteroatoms. The van der Waals surface area contributed by atoms with Crippen molar-refractivity contribution in [3.63, 3.8) is 0 Å². The molecule has 2 heterocycles. The highest BCUT2D eigenvalue weighted by molar-refractivity contribution is 5.98. The first-order valence-corrected chi connectivity index (χ1v) is 12.7. The zero-order chi connectivity index (χ0) is 29.2. The van der Waals surface area contributed by atoms with Crippen molar-refractivity contribution in [3.8, 4) is 11.3 Å². The molecular formula is C27H40N8O4. The molecule has 12 nitrogen and oxygen atoms in total. The maximum absolute atomic E-state index is 12.5. The average Bonchev–Trinajstić information content (AvgIpc) is 3.17. The number of carbonyl (C=O) groups is 2. The van der Waals surface area contributed by atoms with Crippen molar-refractivity contribution in [2.45, 2.75) is 85.3 Å². The molecule has 0 aliphatic heterocycles. The minimum absolute atomic E-state index is 0.247. The van der Waals surface area contributed by atoms with E-state index < -0.39 is 35.2 Å². The Kier molecular flexibility index (Phi) is 8.39. The number of benzene rings is 1. The van der Waals surface area contributed by atoms with Crippen LogP contribution in [0.5, 0.6) is 0 Å². The van der Waals surface area contributed by atoms with E-state index in [1.54, 1.807) is 46.2 Å². The van der Waals surface area contributed by atoms with Crippen LogP contribution in [0.25, 0.3) is 22.3 Å². The lowest BCUT2D eigenvalue weighted by molar-refractivity contribution is 0.0399. The first kappa shape index (κ1) is 29.6. The van der Waals surface area contributed by atoms with Crippen molar-refractivity contribution in [1.82, 2.24) is 35.7 Å². The molecule has 0 radical (unpaired) electrons. The van der Waals surface area contributed by atoms with Crippen molar-refractivity contribution >= 4 is 29.0 Å². The number of aryl methyl sites for hydroxylation is 1. The maximum atomic E-state index is 12.5. The number of rotatable bonds is 7. The highest BCUT2D eigenvalue weighted by Crippen LogP contribution is 2.33. The van der Waals surface area contributed by atoms with Gasteiger partial charge in [0, 0.05) is 12.1 Å². The van der Waals surface area contributed by atoms with Crippen molar-refractivity contribution in [1.29, 1.82) is 0 Å². The Hall–Kier alpha value is -3.93. The van der Waals surface area contributed by atoms with Crippen LogP contribution in [0.4, 0.5) is 15.4 Å². The second-order valence-corrected chi connectivity index (χ2v) is 12.0. The standard InChI is InChI=1S/C27H40N8O4/c1-16-10-12-17(13-11-16)19-18-20(28)30-15-31-21(18)35(34-19)27(8,9)14-29-22(32-23(36)38-25(2,3)4)33-24(37)39-26(5,6)7/h10-13,15,22,29H,14H2,1-9H3,(H,32,36)(H,33,37)(H2,28,30,31). The number of nitrogens with two attached hydrogens (primary N) is 1. The normalized spacial score (nSPS) is 12.5. The molecule has 0 aliphatic rings. The van der Waals surface area contributed by atoms with Gasteiger partial charge in [0.15, 0.2) is 11.9 Å². The SMILES string of the molecule is Cc1ccc(-c2nn(C(C)(C)CNC(NC(=O)OC(C)(C)C)NC(=O)OC(C)(C)C)c3ncnc(N)c23)cc1. The van der Waals surface area contributed by atoms with E-state index in [2.05, 4.69) is 25.9 Å². The van der Waals surface area contributed by atoms with Crippen molar-refractivity contribution in [2.24, 2.45) is 0 Å². The number of hydrogen-bond acceptors (Lipinski definition) is 9. The number of anilines is 1. The van der Waals surface area contributed by atoms with Crippen LogP contribution >= 0.6 is 0 Å². The van der Waals surface area contributed by atoms with Gasteiger partial charge in [-0.2, -0.15) is 5.10 Å². The molecule has 0 fully saturated rings. The van der Waals surface area contributed by atoms with E-state index in [4.69, 9.17) is 20.3 Å². The van der Waals surface area contributed by atoms with Crippen molar-refractivity contribution < 1.29 is 19.1 Å². The van der Waals surface area contributed by atoms with Crippen LogP contribution in [0.2, 0.25) is 0 Å². The van der Waals surface area contributed by atoms with Gasteiger partial charge in [-0.1, -0.05) is 29.8 Å². The van der Waals surface area contributed by atoms with Crippen LogP contribution in [0.3, 0.4) is 0 Å². The zero-order valence-electron chi connectivity index (χ0n) is 24.2. The predicted molar refractivity (Wildman–Crippen MR) is 150 cm³/mol. The van der Waals surface area contributed by atoms with Crippen LogP contribution in [0.1, 0.15) is 61.0 Å². The van der Waals surface area contributed by atoms with Gasteiger partial charge in [0.05, 0.1) is 10.9 Å². The van der Waals surface area contributed by atoms with Crippen molar-refractivity contribution in [2.75, 3.05) is 12.3 Å². The number of fused-ring (bicyclic) bond motifs is 1. The fraction of sp³-hybridized carbons (Fsp3) is 0.519. The Bertz CT molecular complexity index is 1290. The summed E-state index contributed by atoms with van der Waals surface area (Å²) in [6, 6.07) is 7.96. The molecule has 5 N–H and O–H groups in total. The number of aromatic nitrogens is 4. The van der Waals surface area contributed by atoms with E-state index in [1.165, 1.54) is 6.33 Å². The third-order valence-corrected chi connectivity index (χ3v) is 5.45. The van der Waals surface area contributed by atoms with Crippen LogP contribution in [0.15, 0.2) is 30.6 Å². The molecule has 0 saturated heterocycles. The van der Waals surface area contributed by atoms with Gasteiger partial charge in [-0.3, -0.25) is 16.0 Å². The van der Waals surface area contributed by atoms with Crippen molar-refractivity contribution in [3.05, 3.63) is 36.2 Å². The van der Waals surface area contributed by atoms with Crippen LogP contribution in [-0.4, -0.2) is 56.0 Å². The highest BCUT2D eigenvalue weighted by atomic mass is 16.6. The molecule has 3 rings (SSSR count). The number of nitrogen functional groups attached to an aromatic ring is 1. The lowest BCUT2D eigenvalue weighted by Crippen LogP contribution is -2.60. The lowest BCUT2D eigenvalue weighted by atomic mass is 10.1. The monoisotopic (exact) mass is 540 g/mol. The number of nitrogens with zero attached hydrogens (tertiary/aromatic N) is 4. The molecule has 0 atom stereocenters. The summed E-state index contributed by atoms with van der Waals surface area (Å²) in [6.45, 7) is 16.7. The fourth-order valence-corrected chi connectivity index (χ4v) is 3.73. The highest BCUT2D eigenvalue weighted by Gasteiger charge is 2.30. The minimum atomic E-state index is -1.01. The van der Waals surface area contributed by atoms with Gasteiger partial charge in [-0.25, -0.2) is 24.2 Å². The smallest absolute Gasteiger partial charge is 0.410 e. The van der Waals surface area contributed by atoms with Crippen LogP contribution in [0, 0.1) is 6.92 Å². The number of alkyl carbamates (subject to hydrolysis) is 2. The van der Waals surface area contributed by atoms with Gasteiger partial charge < -0.3 is 15.2 Å². The zero-order valence-corrected chi connectivity index (χ0v) is 24.2. The van der Waals surface area contributed by atoms with Crippen LogP contribution < -0.4 is 21.7 Å². The lowest BCUT2D eigenvalue weighted by Gasteiger charge is -2.31. The number of carbonyl (C=O) groups excluding carboxylic acids is 2. The summed E-state index contributed by atoms with van der Waals surface area (Å²) in [6.07, 6.45) is -1.02. The molecule has 1 aromatic carbocycles. The number of hydrogen-bond donors (Lipinski definition) is 4. The van der Waals surface area contributed by atoms with E-state index in [9.17, 15) is 9.59 Å². The minimum Gasteiger partial charge on any atom is -0.444 e.